The molecule has 2 N–H and O–H groups in total. The van der Waals surface area contributed by atoms with E-state index in [2.05, 4.69) is 20.5 Å². The number of nitrogens with one attached hydrogen (secondary N) is 2. The average Bonchev–Trinajstić information content (AvgIpc) is 2.96. The van der Waals surface area contributed by atoms with Gasteiger partial charge in [0, 0.05) is 13.0 Å². The summed E-state index contributed by atoms with van der Waals surface area (Å²) in [5, 5.41) is 9.66. The summed E-state index contributed by atoms with van der Waals surface area (Å²) in [6, 6.07) is 0.0727. The largest absolute Gasteiger partial charge is 0.379 e. The van der Waals surface area contributed by atoms with Crippen LogP contribution in [0.4, 0.5) is 0 Å². The van der Waals surface area contributed by atoms with Gasteiger partial charge in [0.25, 0.3) is 5.91 Å². The van der Waals surface area contributed by atoms with E-state index in [0.717, 1.165) is 25.1 Å². The first-order chi connectivity index (χ1) is 8.61. The molecular weight excluding hydrogens is 232 g/mol. The van der Waals surface area contributed by atoms with Gasteiger partial charge in [-0.1, -0.05) is 13.8 Å². The Bertz CT molecular complexity index is 416. The van der Waals surface area contributed by atoms with Crippen molar-refractivity contribution < 1.29 is 9.53 Å². The molecule has 1 aliphatic carbocycles. The van der Waals surface area contributed by atoms with Crippen molar-refractivity contribution in [1.29, 1.82) is 0 Å². The van der Waals surface area contributed by atoms with Crippen LogP contribution >= 0.6 is 0 Å². The molecule has 1 aromatic heterocycles. The van der Waals surface area contributed by atoms with Gasteiger partial charge in [-0.05, 0) is 19.3 Å². The van der Waals surface area contributed by atoms with E-state index in [1.54, 1.807) is 7.11 Å². The summed E-state index contributed by atoms with van der Waals surface area (Å²) in [6.07, 6.45) is 3.13. The lowest BCUT2D eigenvalue weighted by molar-refractivity contribution is 0.0716. The van der Waals surface area contributed by atoms with Gasteiger partial charge in [-0.3, -0.25) is 9.89 Å². The molecule has 0 bridgehead atoms. The van der Waals surface area contributed by atoms with Crippen LogP contribution in [-0.4, -0.2) is 40.3 Å². The predicted octanol–water partition coefficient (Wildman–Crippen LogP) is 1.23. The van der Waals surface area contributed by atoms with Crippen LogP contribution in [0.5, 0.6) is 0 Å². The second kappa shape index (κ2) is 5.48. The molecule has 2 unspecified atom stereocenters. The normalized spacial score (nSPS) is 23.6. The monoisotopic (exact) mass is 252 g/mol. The van der Waals surface area contributed by atoms with Crippen LogP contribution in [0.3, 0.4) is 0 Å². The molecule has 1 saturated carbocycles. The number of rotatable bonds is 4. The third kappa shape index (κ3) is 2.69. The van der Waals surface area contributed by atoms with E-state index in [0.29, 0.717) is 0 Å². The number of nitrogens with zero attached hydrogens (tertiary/aromatic N) is 2. The van der Waals surface area contributed by atoms with E-state index < -0.39 is 0 Å². The van der Waals surface area contributed by atoms with Crippen LogP contribution in [0, 0.1) is 0 Å². The first-order valence-electron chi connectivity index (χ1n) is 6.37. The molecular formula is C12H20N4O2. The molecule has 1 aromatic rings. The fraction of sp³-hybridized carbons (Fsp3) is 0.750. The Labute approximate surface area is 107 Å². The second-order valence-corrected chi connectivity index (χ2v) is 4.98. The molecule has 0 saturated heterocycles. The predicted molar refractivity (Wildman–Crippen MR) is 66.4 cm³/mol. The smallest absolute Gasteiger partial charge is 0.291 e. The van der Waals surface area contributed by atoms with E-state index in [1.807, 2.05) is 13.8 Å². The zero-order chi connectivity index (χ0) is 13.1. The first-order valence-corrected chi connectivity index (χ1v) is 6.37. The minimum atomic E-state index is -0.230. The van der Waals surface area contributed by atoms with Crippen molar-refractivity contribution in [3.63, 3.8) is 0 Å². The molecule has 1 aliphatic rings. The van der Waals surface area contributed by atoms with Gasteiger partial charge in [0.15, 0.2) is 0 Å². The molecule has 1 amide bonds. The minimum absolute atomic E-state index is 0.0727. The van der Waals surface area contributed by atoms with Crippen molar-refractivity contribution >= 4 is 5.91 Å². The van der Waals surface area contributed by atoms with Crippen molar-refractivity contribution in [3.05, 3.63) is 11.6 Å². The summed E-state index contributed by atoms with van der Waals surface area (Å²) in [5.41, 5.74) is 0. The Morgan fingerprint density at radius 1 is 1.50 bits per heavy atom. The average molecular weight is 252 g/mol. The van der Waals surface area contributed by atoms with Gasteiger partial charge in [-0.2, -0.15) is 0 Å². The summed E-state index contributed by atoms with van der Waals surface area (Å²) in [5.74, 6) is 0.944. The third-order valence-electron chi connectivity index (χ3n) is 3.32. The van der Waals surface area contributed by atoms with Crippen LogP contribution in [-0.2, 0) is 4.74 Å². The Kier molecular flexibility index (Phi) is 3.96. The maximum Gasteiger partial charge on any atom is 0.291 e. The highest BCUT2D eigenvalue weighted by Crippen LogP contribution is 2.21. The van der Waals surface area contributed by atoms with Crippen LogP contribution in [0.15, 0.2) is 0 Å². The molecule has 2 atom stereocenters. The fourth-order valence-electron chi connectivity index (χ4n) is 2.24. The Balaban J connectivity index is 1.98. The first kappa shape index (κ1) is 13.0. The molecule has 0 aromatic carbocycles. The SMILES string of the molecule is COC1CCCC1NC(=O)c1n[nH]c(C(C)C)n1. The number of carbonyl (C=O) groups is 1. The molecule has 0 spiro atoms. The van der Waals surface area contributed by atoms with E-state index in [9.17, 15) is 4.79 Å². The van der Waals surface area contributed by atoms with E-state index in [4.69, 9.17) is 4.74 Å². The van der Waals surface area contributed by atoms with E-state index in [1.165, 1.54) is 0 Å². The van der Waals surface area contributed by atoms with Gasteiger partial charge in [0.2, 0.25) is 5.82 Å². The van der Waals surface area contributed by atoms with Crippen molar-refractivity contribution in [3.8, 4) is 0 Å². The third-order valence-corrected chi connectivity index (χ3v) is 3.32. The molecule has 2 rings (SSSR count). The maximum absolute atomic E-state index is 12.0. The molecule has 6 heteroatoms. The number of ether oxygens (including phenoxy) is 1. The van der Waals surface area contributed by atoms with Crippen molar-refractivity contribution in [1.82, 2.24) is 20.5 Å². The lowest BCUT2D eigenvalue weighted by atomic mass is 10.2. The standard InChI is InChI=1S/C12H20N4O2/c1-7(2)10-14-11(16-15-10)12(17)13-8-5-4-6-9(8)18-3/h7-9H,4-6H2,1-3H3,(H,13,17)(H,14,15,16). The molecule has 18 heavy (non-hydrogen) atoms. The zero-order valence-electron chi connectivity index (χ0n) is 11.1. The molecule has 100 valence electrons. The van der Waals surface area contributed by atoms with Gasteiger partial charge >= 0.3 is 0 Å². The van der Waals surface area contributed by atoms with Crippen LogP contribution in [0.2, 0.25) is 0 Å². The number of hydrogen-bond acceptors (Lipinski definition) is 4. The van der Waals surface area contributed by atoms with Gasteiger partial charge in [-0.25, -0.2) is 4.98 Å². The summed E-state index contributed by atoms with van der Waals surface area (Å²) < 4.78 is 5.34. The molecule has 0 radical (unpaired) electrons. The zero-order valence-corrected chi connectivity index (χ0v) is 11.1. The number of aromatic nitrogens is 3. The highest BCUT2D eigenvalue weighted by molar-refractivity contribution is 5.90. The quantitative estimate of drug-likeness (QED) is 0.844. The lowest BCUT2D eigenvalue weighted by Crippen LogP contribution is -2.41. The summed E-state index contributed by atoms with van der Waals surface area (Å²) in [7, 11) is 1.68. The number of carbonyl (C=O) groups excluding carboxylic acids is 1. The molecule has 6 nitrogen and oxygen atoms in total. The minimum Gasteiger partial charge on any atom is -0.379 e. The maximum atomic E-state index is 12.0. The number of H-pyrrole nitrogens is 1. The Morgan fingerprint density at radius 3 is 2.89 bits per heavy atom. The van der Waals surface area contributed by atoms with Crippen LogP contribution in [0.1, 0.15) is 55.5 Å². The van der Waals surface area contributed by atoms with Crippen molar-refractivity contribution in [2.75, 3.05) is 7.11 Å². The second-order valence-electron chi connectivity index (χ2n) is 4.98. The lowest BCUT2D eigenvalue weighted by Gasteiger charge is -2.18. The van der Waals surface area contributed by atoms with Gasteiger partial charge < -0.3 is 10.1 Å². The summed E-state index contributed by atoms with van der Waals surface area (Å²) in [4.78, 5) is 16.2. The van der Waals surface area contributed by atoms with E-state index in [-0.39, 0.29) is 29.8 Å². The molecule has 1 fully saturated rings. The number of amides is 1. The highest BCUT2D eigenvalue weighted by Gasteiger charge is 2.29. The Hall–Kier alpha value is -1.43. The number of aromatic amines is 1. The molecule has 0 aliphatic heterocycles. The molecule has 1 heterocycles. The number of hydrogen-bond donors (Lipinski definition) is 2. The Morgan fingerprint density at radius 2 is 2.28 bits per heavy atom. The number of methoxy groups -OCH3 is 1. The van der Waals surface area contributed by atoms with Crippen LogP contribution in [0.25, 0.3) is 0 Å². The van der Waals surface area contributed by atoms with Gasteiger partial charge in [-0.15, -0.1) is 5.10 Å². The van der Waals surface area contributed by atoms with Crippen LogP contribution < -0.4 is 5.32 Å². The van der Waals surface area contributed by atoms with Crippen molar-refractivity contribution in [2.45, 2.75) is 51.2 Å². The van der Waals surface area contributed by atoms with Gasteiger partial charge in [0.1, 0.15) is 5.82 Å². The summed E-state index contributed by atoms with van der Waals surface area (Å²) in [6.45, 7) is 4.00. The van der Waals surface area contributed by atoms with E-state index >= 15 is 0 Å². The fourth-order valence-corrected chi connectivity index (χ4v) is 2.24. The summed E-state index contributed by atoms with van der Waals surface area (Å²) >= 11 is 0. The highest BCUT2D eigenvalue weighted by atomic mass is 16.5. The van der Waals surface area contributed by atoms with Gasteiger partial charge in [0.05, 0.1) is 12.1 Å². The topological polar surface area (TPSA) is 79.9 Å². The van der Waals surface area contributed by atoms with Crippen molar-refractivity contribution in [2.24, 2.45) is 0 Å².